The molecule has 1 aromatic carbocycles. The zero-order chi connectivity index (χ0) is 23.7. The molecule has 8 nitrogen and oxygen atoms in total. The van der Waals surface area contributed by atoms with E-state index in [1.165, 1.54) is 4.90 Å². The lowest BCUT2D eigenvalue weighted by Gasteiger charge is -2.34. The molecule has 0 N–H and O–H groups in total. The van der Waals surface area contributed by atoms with Crippen LogP contribution in [0.15, 0.2) is 30.3 Å². The van der Waals surface area contributed by atoms with Gasteiger partial charge < -0.3 is 9.47 Å². The minimum atomic E-state index is -0.287. The van der Waals surface area contributed by atoms with Crippen LogP contribution in [0.1, 0.15) is 55.3 Å². The van der Waals surface area contributed by atoms with Crippen molar-refractivity contribution in [1.82, 2.24) is 19.3 Å². The summed E-state index contributed by atoms with van der Waals surface area (Å²) >= 11 is 0. The molecule has 0 atom stereocenters. The number of hydrogen-bond donors (Lipinski definition) is 0. The van der Waals surface area contributed by atoms with E-state index in [9.17, 15) is 19.2 Å². The molecule has 174 valence electrons. The Morgan fingerprint density at radius 3 is 2.09 bits per heavy atom. The summed E-state index contributed by atoms with van der Waals surface area (Å²) in [5.74, 6) is -0.445. The van der Waals surface area contributed by atoms with Crippen LogP contribution in [0.3, 0.4) is 0 Å². The molecule has 1 saturated heterocycles. The lowest BCUT2D eigenvalue weighted by atomic mass is 10.1. The summed E-state index contributed by atoms with van der Waals surface area (Å²) < 4.78 is 2.02. The largest absolute Gasteiger partial charge is 0.351 e. The Labute approximate surface area is 193 Å². The Bertz CT molecular complexity index is 1080. The highest BCUT2D eigenvalue weighted by atomic mass is 16.2. The summed E-state index contributed by atoms with van der Waals surface area (Å²) in [5, 5.41) is 0. The Morgan fingerprint density at radius 2 is 1.55 bits per heavy atom. The monoisotopic (exact) mass is 450 g/mol. The molecule has 2 aliphatic rings. The highest BCUT2D eigenvalue weighted by Crippen LogP contribution is 2.23. The number of carbonyl (C=O) groups excluding carboxylic acids is 4. The molecule has 2 aliphatic heterocycles. The number of rotatable bonds is 7. The van der Waals surface area contributed by atoms with Gasteiger partial charge in [-0.1, -0.05) is 12.1 Å². The van der Waals surface area contributed by atoms with E-state index in [0.717, 1.165) is 17.0 Å². The van der Waals surface area contributed by atoms with Crippen molar-refractivity contribution >= 4 is 23.5 Å². The van der Waals surface area contributed by atoms with Crippen molar-refractivity contribution in [2.45, 2.75) is 26.7 Å². The number of hydrogen-bond acceptors (Lipinski definition) is 5. The molecule has 1 aromatic heterocycles. The van der Waals surface area contributed by atoms with Crippen molar-refractivity contribution in [3.05, 3.63) is 58.4 Å². The van der Waals surface area contributed by atoms with Gasteiger partial charge in [-0.2, -0.15) is 0 Å². The highest BCUT2D eigenvalue weighted by Gasteiger charge is 2.34. The van der Waals surface area contributed by atoms with Gasteiger partial charge >= 0.3 is 0 Å². The molecule has 8 heteroatoms. The van der Waals surface area contributed by atoms with Gasteiger partial charge in [-0.15, -0.1) is 0 Å². The summed E-state index contributed by atoms with van der Waals surface area (Å²) in [6, 6.07) is 8.74. The van der Waals surface area contributed by atoms with Crippen molar-refractivity contribution in [1.29, 1.82) is 0 Å². The molecule has 0 spiro atoms. The van der Waals surface area contributed by atoms with E-state index in [-0.39, 0.29) is 36.5 Å². The van der Waals surface area contributed by atoms with Gasteiger partial charge in [-0.3, -0.25) is 29.0 Å². The molecule has 0 aliphatic carbocycles. The summed E-state index contributed by atoms with van der Waals surface area (Å²) in [7, 11) is 1.96. The third-order valence-electron chi connectivity index (χ3n) is 6.82. The maximum atomic E-state index is 12.7. The van der Waals surface area contributed by atoms with Crippen molar-refractivity contribution in [3.63, 3.8) is 0 Å². The fourth-order valence-corrected chi connectivity index (χ4v) is 4.57. The zero-order valence-corrected chi connectivity index (χ0v) is 19.5. The number of amides is 3. The number of piperazine rings is 1. The lowest BCUT2D eigenvalue weighted by Crippen LogP contribution is -2.50. The maximum absolute atomic E-state index is 12.7. The van der Waals surface area contributed by atoms with Gasteiger partial charge in [0, 0.05) is 63.1 Å². The average Bonchev–Trinajstić information content (AvgIpc) is 3.22. The number of carbonyl (C=O) groups is 4. The number of benzene rings is 1. The lowest BCUT2D eigenvalue weighted by molar-refractivity contribution is -0.133. The molecule has 0 saturated carbocycles. The van der Waals surface area contributed by atoms with E-state index in [4.69, 9.17) is 0 Å². The first-order valence-corrected chi connectivity index (χ1v) is 11.4. The summed E-state index contributed by atoms with van der Waals surface area (Å²) in [6.45, 7) is 7.00. The third kappa shape index (κ3) is 4.48. The molecular weight excluding hydrogens is 420 g/mol. The van der Waals surface area contributed by atoms with Crippen LogP contribution in [0.2, 0.25) is 0 Å². The van der Waals surface area contributed by atoms with Gasteiger partial charge in [0.25, 0.3) is 11.8 Å². The topological polar surface area (TPSA) is 82.9 Å². The number of nitrogens with zero attached hydrogens (tertiary/aromatic N) is 4. The minimum absolute atomic E-state index is 0.0205. The van der Waals surface area contributed by atoms with E-state index in [1.807, 2.05) is 31.5 Å². The Kier molecular flexibility index (Phi) is 6.47. The summed E-state index contributed by atoms with van der Waals surface area (Å²) in [6.07, 6.45) is 0.727. The second kappa shape index (κ2) is 9.31. The van der Waals surface area contributed by atoms with Crippen LogP contribution in [-0.4, -0.2) is 82.0 Å². The van der Waals surface area contributed by atoms with E-state index in [0.29, 0.717) is 50.3 Å². The van der Waals surface area contributed by atoms with Gasteiger partial charge in [-0.25, -0.2) is 0 Å². The van der Waals surface area contributed by atoms with E-state index < -0.39 is 0 Å². The van der Waals surface area contributed by atoms with E-state index >= 15 is 0 Å². The quantitative estimate of drug-likeness (QED) is 0.476. The first kappa shape index (κ1) is 22.9. The SMILES string of the molecule is Cc1cc(C(=O)CN2CCN(C(=O)CCCN3C(=O)c4ccccc4C3=O)CC2)c(C)n1C. The number of imide groups is 1. The molecule has 0 bridgehead atoms. The molecular formula is C25H30N4O4. The van der Waals surface area contributed by atoms with Crippen molar-refractivity contribution in [3.8, 4) is 0 Å². The first-order chi connectivity index (χ1) is 15.8. The molecule has 1 fully saturated rings. The molecule has 0 unspecified atom stereocenters. The number of aromatic nitrogens is 1. The van der Waals surface area contributed by atoms with Crippen LogP contribution in [0.25, 0.3) is 0 Å². The number of aryl methyl sites for hydroxylation is 1. The second-order valence-corrected chi connectivity index (χ2v) is 8.84. The van der Waals surface area contributed by atoms with Crippen LogP contribution in [-0.2, 0) is 11.8 Å². The normalized spacial score (nSPS) is 16.5. The molecule has 33 heavy (non-hydrogen) atoms. The Hall–Kier alpha value is -3.26. The van der Waals surface area contributed by atoms with Crippen LogP contribution >= 0.6 is 0 Å². The Morgan fingerprint density at radius 1 is 0.939 bits per heavy atom. The molecule has 4 rings (SSSR count). The van der Waals surface area contributed by atoms with Gasteiger partial charge in [0.15, 0.2) is 5.78 Å². The number of Topliss-reactive ketones (excluding diaryl/α,β-unsaturated/α-hetero) is 1. The molecule has 2 aromatic rings. The van der Waals surface area contributed by atoms with Gasteiger partial charge in [0.05, 0.1) is 17.7 Å². The van der Waals surface area contributed by atoms with Crippen LogP contribution < -0.4 is 0 Å². The number of ketones is 1. The van der Waals surface area contributed by atoms with Gasteiger partial charge in [-0.05, 0) is 38.5 Å². The van der Waals surface area contributed by atoms with Crippen molar-refractivity contribution in [2.75, 3.05) is 39.3 Å². The van der Waals surface area contributed by atoms with E-state index in [2.05, 4.69) is 4.90 Å². The zero-order valence-electron chi connectivity index (χ0n) is 19.5. The number of fused-ring (bicyclic) bond motifs is 1. The summed E-state index contributed by atoms with van der Waals surface area (Å²) in [4.78, 5) is 55.3. The molecule has 3 heterocycles. The predicted octanol–water partition coefficient (Wildman–Crippen LogP) is 2.05. The predicted molar refractivity (Wildman–Crippen MR) is 123 cm³/mol. The van der Waals surface area contributed by atoms with Crippen molar-refractivity contribution in [2.24, 2.45) is 7.05 Å². The standard InChI is InChI=1S/C25H30N4O4/c1-17-15-21(18(2)26(17)3)22(30)16-27-11-13-28(14-12-27)23(31)9-6-10-29-24(32)19-7-4-5-8-20(19)25(29)33/h4-5,7-8,15H,6,9-14,16H2,1-3H3. The Balaban J connectivity index is 1.21. The highest BCUT2D eigenvalue weighted by molar-refractivity contribution is 6.21. The van der Waals surface area contributed by atoms with Gasteiger partial charge in [0.2, 0.25) is 5.91 Å². The minimum Gasteiger partial charge on any atom is -0.351 e. The second-order valence-electron chi connectivity index (χ2n) is 8.84. The van der Waals surface area contributed by atoms with E-state index in [1.54, 1.807) is 29.2 Å². The molecule has 0 radical (unpaired) electrons. The van der Waals surface area contributed by atoms with Crippen LogP contribution in [0.4, 0.5) is 0 Å². The smallest absolute Gasteiger partial charge is 0.261 e. The summed E-state index contributed by atoms with van der Waals surface area (Å²) in [5.41, 5.74) is 3.67. The van der Waals surface area contributed by atoms with Gasteiger partial charge in [0.1, 0.15) is 0 Å². The molecule has 3 amide bonds. The first-order valence-electron chi connectivity index (χ1n) is 11.4. The maximum Gasteiger partial charge on any atom is 0.261 e. The fourth-order valence-electron chi connectivity index (χ4n) is 4.57. The fraction of sp³-hybridized carbons (Fsp3) is 0.440. The third-order valence-corrected chi connectivity index (χ3v) is 6.82. The average molecular weight is 451 g/mol. The van der Waals surface area contributed by atoms with Crippen LogP contribution in [0, 0.1) is 13.8 Å². The van der Waals surface area contributed by atoms with Crippen LogP contribution in [0.5, 0.6) is 0 Å². The van der Waals surface area contributed by atoms with Crippen molar-refractivity contribution < 1.29 is 19.2 Å².